The molecule has 0 fully saturated rings. The largest absolute Gasteiger partial charge is 0.478 e. The molecular formula is C17H24O2. The van der Waals surface area contributed by atoms with Gasteiger partial charge in [0.1, 0.15) is 0 Å². The molecule has 0 aliphatic heterocycles. The SMILES string of the molecule is Cc1cc(C)c(/C(=C\C(=O)O)CC(C)(C)C)c(C)c1. The molecule has 19 heavy (non-hydrogen) atoms. The predicted octanol–water partition coefficient (Wildman–Crippen LogP) is 4.52. The smallest absolute Gasteiger partial charge is 0.328 e. The van der Waals surface area contributed by atoms with Crippen LogP contribution in [0.5, 0.6) is 0 Å². The van der Waals surface area contributed by atoms with Gasteiger partial charge >= 0.3 is 5.97 Å². The molecule has 0 amide bonds. The molecule has 0 heterocycles. The number of benzene rings is 1. The standard InChI is InChI=1S/C17H24O2/c1-11-7-12(2)16(13(3)8-11)14(9-15(18)19)10-17(4,5)6/h7-9H,10H2,1-6H3,(H,18,19)/b14-9-. The minimum Gasteiger partial charge on any atom is -0.478 e. The van der Waals surface area contributed by atoms with Gasteiger partial charge in [-0.2, -0.15) is 0 Å². The molecule has 1 rings (SSSR count). The molecule has 1 N–H and O–H groups in total. The van der Waals surface area contributed by atoms with Crippen LogP contribution in [0.4, 0.5) is 0 Å². The molecular weight excluding hydrogens is 236 g/mol. The van der Waals surface area contributed by atoms with Gasteiger partial charge in [-0.15, -0.1) is 0 Å². The maximum atomic E-state index is 11.1. The Kier molecular flexibility index (Phi) is 4.56. The van der Waals surface area contributed by atoms with Gasteiger partial charge in [0.05, 0.1) is 0 Å². The number of carboxylic acids is 1. The first kappa shape index (κ1) is 15.5. The quantitative estimate of drug-likeness (QED) is 0.811. The summed E-state index contributed by atoms with van der Waals surface area (Å²) in [6, 6.07) is 4.22. The Morgan fingerprint density at radius 2 is 1.63 bits per heavy atom. The average molecular weight is 260 g/mol. The number of hydrogen-bond acceptors (Lipinski definition) is 1. The van der Waals surface area contributed by atoms with Gasteiger partial charge in [-0.1, -0.05) is 38.5 Å². The third-order valence-corrected chi connectivity index (χ3v) is 3.02. The summed E-state index contributed by atoms with van der Waals surface area (Å²) in [5, 5.41) is 9.10. The van der Waals surface area contributed by atoms with Crippen molar-refractivity contribution in [2.45, 2.75) is 48.0 Å². The Bertz CT molecular complexity index is 494. The Balaban J connectivity index is 3.38. The first-order chi connectivity index (χ1) is 8.60. The summed E-state index contributed by atoms with van der Waals surface area (Å²) in [6.07, 6.45) is 2.11. The molecule has 0 atom stereocenters. The number of allylic oxidation sites excluding steroid dienone is 1. The van der Waals surface area contributed by atoms with Crippen molar-refractivity contribution in [3.05, 3.63) is 40.5 Å². The molecule has 0 unspecified atom stereocenters. The number of aryl methyl sites for hydroxylation is 3. The van der Waals surface area contributed by atoms with Crippen molar-refractivity contribution in [2.24, 2.45) is 5.41 Å². The zero-order chi connectivity index (χ0) is 14.8. The van der Waals surface area contributed by atoms with Crippen LogP contribution < -0.4 is 0 Å². The molecule has 2 heteroatoms. The Morgan fingerprint density at radius 3 is 2.00 bits per heavy atom. The van der Waals surface area contributed by atoms with E-state index < -0.39 is 5.97 Å². The number of carboxylic acid groups (broad SMARTS) is 1. The fraction of sp³-hybridized carbons (Fsp3) is 0.471. The summed E-state index contributed by atoms with van der Waals surface area (Å²) in [7, 11) is 0. The van der Waals surface area contributed by atoms with Gasteiger partial charge in [-0.25, -0.2) is 4.79 Å². The zero-order valence-electron chi connectivity index (χ0n) is 12.8. The summed E-state index contributed by atoms with van der Waals surface area (Å²) in [6.45, 7) is 12.5. The second-order valence-corrected chi connectivity index (χ2v) is 6.52. The lowest BCUT2D eigenvalue weighted by Crippen LogP contribution is -2.09. The minimum atomic E-state index is -0.876. The van der Waals surface area contributed by atoms with E-state index in [-0.39, 0.29) is 5.41 Å². The van der Waals surface area contributed by atoms with E-state index in [4.69, 9.17) is 5.11 Å². The van der Waals surface area contributed by atoms with Gasteiger partial charge in [0.2, 0.25) is 0 Å². The summed E-state index contributed by atoms with van der Waals surface area (Å²) >= 11 is 0. The van der Waals surface area contributed by atoms with E-state index in [1.54, 1.807) is 0 Å². The van der Waals surface area contributed by atoms with Crippen LogP contribution in [0.1, 0.15) is 49.4 Å². The average Bonchev–Trinajstić information content (AvgIpc) is 2.10. The van der Waals surface area contributed by atoms with Crippen LogP contribution in [0, 0.1) is 26.2 Å². The number of aliphatic carboxylic acids is 1. The maximum Gasteiger partial charge on any atom is 0.328 e. The number of hydrogen-bond donors (Lipinski definition) is 1. The van der Waals surface area contributed by atoms with E-state index >= 15 is 0 Å². The Morgan fingerprint density at radius 1 is 1.16 bits per heavy atom. The Labute approximate surface area is 116 Å². The minimum absolute atomic E-state index is 0.0606. The van der Waals surface area contributed by atoms with Crippen molar-refractivity contribution in [3.8, 4) is 0 Å². The van der Waals surface area contributed by atoms with Crippen LogP contribution in [0.3, 0.4) is 0 Å². The highest BCUT2D eigenvalue weighted by atomic mass is 16.4. The maximum absolute atomic E-state index is 11.1. The highest BCUT2D eigenvalue weighted by Gasteiger charge is 2.18. The Hall–Kier alpha value is -1.57. The highest BCUT2D eigenvalue weighted by molar-refractivity contribution is 5.91. The fourth-order valence-electron chi connectivity index (χ4n) is 2.62. The molecule has 0 spiro atoms. The second kappa shape index (κ2) is 5.60. The first-order valence-corrected chi connectivity index (χ1v) is 6.62. The van der Waals surface area contributed by atoms with Crippen molar-refractivity contribution < 1.29 is 9.90 Å². The van der Waals surface area contributed by atoms with Crippen molar-refractivity contribution in [1.29, 1.82) is 0 Å². The fourth-order valence-corrected chi connectivity index (χ4v) is 2.62. The van der Waals surface area contributed by atoms with E-state index in [0.29, 0.717) is 0 Å². The predicted molar refractivity (Wildman–Crippen MR) is 80.3 cm³/mol. The molecule has 0 saturated heterocycles. The van der Waals surface area contributed by atoms with Crippen LogP contribution >= 0.6 is 0 Å². The van der Waals surface area contributed by atoms with E-state index in [9.17, 15) is 4.79 Å². The zero-order valence-corrected chi connectivity index (χ0v) is 12.8. The summed E-state index contributed by atoms with van der Waals surface area (Å²) in [5.41, 5.74) is 5.57. The van der Waals surface area contributed by atoms with Crippen LogP contribution in [0.25, 0.3) is 5.57 Å². The lowest BCUT2D eigenvalue weighted by atomic mass is 9.82. The van der Waals surface area contributed by atoms with Gasteiger partial charge in [-0.3, -0.25) is 0 Å². The molecule has 0 bridgehead atoms. The second-order valence-electron chi connectivity index (χ2n) is 6.52. The molecule has 1 aromatic rings. The van der Waals surface area contributed by atoms with Gasteiger partial charge in [-0.05, 0) is 54.9 Å². The molecule has 0 saturated carbocycles. The summed E-state index contributed by atoms with van der Waals surface area (Å²) < 4.78 is 0. The van der Waals surface area contributed by atoms with Crippen molar-refractivity contribution in [3.63, 3.8) is 0 Å². The molecule has 0 aromatic heterocycles. The highest BCUT2D eigenvalue weighted by Crippen LogP contribution is 2.34. The molecule has 0 aliphatic carbocycles. The van der Waals surface area contributed by atoms with Crippen LogP contribution in [0.15, 0.2) is 18.2 Å². The van der Waals surface area contributed by atoms with Crippen LogP contribution in [-0.4, -0.2) is 11.1 Å². The van der Waals surface area contributed by atoms with Gasteiger partial charge in [0.15, 0.2) is 0 Å². The first-order valence-electron chi connectivity index (χ1n) is 6.62. The lowest BCUT2D eigenvalue weighted by Gasteiger charge is -2.23. The van der Waals surface area contributed by atoms with Crippen molar-refractivity contribution in [1.82, 2.24) is 0 Å². The summed E-state index contributed by atoms with van der Waals surface area (Å²) in [4.78, 5) is 11.1. The van der Waals surface area contributed by atoms with Gasteiger partial charge in [0, 0.05) is 6.08 Å². The van der Waals surface area contributed by atoms with Gasteiger partial charge < -0.3 is 5.11 Å². The lowest BCUT2D eigenvalue weighted by molar-refractivity contribution is -0.131. The van der Waals surface area contributed by atoms with Crippen molar-refractivity contribution in [2.75, 3.05) is 0 Å². The van der Waals surface area contributed by atoms with E-state index in [1.165, 1.54) is 11.6 Å². The molecule has 104 valence electrons. The third kappa shape index (κ3) is 4.55. The molecule has 0 aliphatic rings. The van der Waals surface area contributed by atoms with Crippen LogP contribution in [-0.2, 0) is 4.79 Å². The number of rotatable bonds is 3. The van der Waals surface area contributed by atoms with E-state index in [1.807, 2.05) is 13.8 Å². The van der Waals surface area contributed by atoms with E-state index in [0.717, 1.165) is 28.7 Å². The topological polar surface area (TPSA) is 37.3 Å². The van der Waals surface area contributed by atoms with E-state index in [2.05, 4.69) is 39.8 Å². The monoisotopic (exact) mass is 260 g/mol. The normalized spacial score (nSPS) is 12.6. The summed E-state index contributed by atoms with van der Waals surface area (Å²) in [5.74, 6) is -0.876. The number of carbonyl (C=O) groups is 1. The van der Waals surface area contributed by atoms with Crippen molar-refractivity contribution >= 4 is 11.5 Å². The molecule has 0 radical (unpaired) electrons. The molecule has 1 aromatic carbocycles. The molecule has 2 nitrogen and oxygen atoms in total. The third-order valence-electron chi connectivity index (χ3n) is 3.02. The van der Waals surface area contributed by atoms with Gasteiger partial charge in [0.25, 0.3) is 0 Å². The van der Waals surface area contributed by atoms with Crippen LogP contribution in [0.2, 0.25) is 0 Å².